The number of methoxy groups -OCH3 is 1. The van der Waals surface area contributed by atoms with Crippen molar-refractivity contribution in [3.63, 3.8) is 0 Å². The molecule has 0 fully saturated rings. The third-order valence-electron chi connectivity index (χ3n) is 2.83. The number of nitrogen functional groups attached to an aromatic ring is 1. The van der Waals surface area contributed by atoms with Gasteiger partial charge in [0.1, 0.15) is 5.52 Å². The van der Waals surface area contributed by atoms with E-state index in [9.17, 15) is 0 Å². The highest BCUT2D eigenvalue weighted by Crippen LogP contribution is 2.19. The van der Waals surface area contributed by atoms with Gasteiger partial charge in [-0.1, -0.05) is 5.21 Å². The van der Waals surface area contributed by atoms with Gasteiger partial charge in [-0.3, -0.25) is 9.25 Å². The van der Waals surface area contributed by atoms with Gasteiger partial charge in [0.2, 0.25) is 11.8 Å². The number of pyridine rings is 1. The van der Waals surface area contributed by atoms with E-state index in [1.807, 2.05) is 10.6 Å². The van der Waals surface area contributed by atoms with Crippen molar-refractivity contribution in [2.75, 3.05) is 12.8 Å². The molecule has 19 heavy (non-hydrogen) atoms. The van der Waals surface area contributed by atoms with Crippen LogP contribution in [0.15, 0.2) is 24.5 Å². The smallest absolute Gasteiger partial charge is 0.215 e. The fourth-order valence-corrected chi connectivity index (χ4v) is 1.89. The monoisotopic (exact) mass is 259 g/mol. The number of nitrogens with two attached hydrogens (primary N) is 1. The highest BCUT2D eigenvalue weighted by Gasteiger charge is 2.10. The zero-order valence-corrected chi connectivity index (χ0v) is 10.4. The molecule has 0 atom stereocenters. The van der Waals surface area contributed by atoms with Crippen LogP contribution in [0, 0.1) is 0 Å². The predicted octanol–water partition coefficient (Wildman–Crippen LogP) is 0.314. The quantitative estimate of drug-likeness (QED) is 0.724. The first kappa shape index (κ1) is 11.5. The fourth-order valence-electron chi connectivity index (χ4n) is 1.89. The molecule has 98 valence electrons. The van der Waals surface area contributed by atoms with E-state index in [0.29, 0.717) is 30.6 Å². The third-order valence-corrected chi connectivity index (χ3v) is 2.83. The molecule has 2 N–H and O–H groups in total. The Balaban J connectivity index is 1.94. The van der Waals surface area contributed by atoms with Gasteiger partial charge in [0.25, 0.3) is 0 Å². The Hall–Kier alpha value is -2.64. The maximum atomic E-state index is 5.91. The lowest BCUT2D eigenvalue weighted by Crippen LogP contribution is -2.11. The van der Waals surface area contributed by atoms with Crippen LogP contribution < -0.4 is 10.5 Å². The van der Waals surface area contributed by atoms with Crippen LogP contribution in [0.4, 0.5) is 5.95 Å². The number of anilines is 1. The Morgan fingerprint density at radius 3 is 2.89 bits per heavy atom. The SMILES string of the molecule is COc1ccc2nc(N)n(CCn3ccnn3)c2n1. The summed E-state index contributed by atoms with van der Waals surface area (Å²) < 4.78 is 8.68. The van der Waals surface area contributed by atoms with Gasteiger partial charge in [-0.2, -0.15) is 4.98 Å². The van der Waals surface area contributed by atoms with Crippen molar-refractivity contribution in [2.45, 2.75) is 13.1 Å². The van der Waals surface area contributed by atoms with Crippen molar-refractivity contribution in [1.82, 2.24) is 29.5 Å². The Morgan fingerprint density at radius 1 is 1.26 bits per heavy atom. The van der Waals surface area contributed by atoms with Gasteiger partial charge < -0.3 is 10.5 Å². The zero-order chi connectivity index (χ0) is 13.2. The maximum absolute atomic E-state index is 5.91. The molecule has 3 rings (SSSR count). The molecule has 0 unspecified atom stereocenters. The number of ether oxygens (including phenoxy) is 1. The molecule has 3 aromatic rings. The van der Waals surface area contributed by atoms with E-state index in [0.717, 1.165) is 5.52 Å². The lowest BCUT2D eigenvalue weighted by molar-refractivity contribution is 0.398. The number of aryl methyl sites for hydroxylation is 2. The second-order valence-corrected chi connectivity index (χ2v) is 3.98. The average molecular weight is 259 g/mol. The average Bonchev–Trinajstić information content (AvgIpc) is 3.03. The standard InChI is InChI=1S/C11H13N7O/c1-19-9-3-2-8-10(15-9)18(11(12)14-8)7-6-17-5-4-13-16-17/h2-5H,6-7H2,1H3,(H2,12,14). The molecular weight excluding hydrogens is 246 g/mol. The third kappa shape index (κ3) is 2.07. The van der Waals surface area contributed by atoms with Crippen LogP contribution in [0.5, 0.6) is 5.88 Å². The molecule has 0 amide bonds. The Morgan fingerprint density at radius 2 is 2.16 bits per heavy atom. The Bertz CT molecular complexity index is 688. The molecule has 3 aromatic heterocycles. The van der Waals surface area contributed by atoms with Crippen molar-refractivity contribution < 1.29 is 4.74 Å². The molecule has 0 aliphatic rings. The Kier molecular flexibility index (Phi) is 2.75. The number of aromatic nitrogens is 6. The summed E-state index contributed by atoms with van der Waals surface area (Å²) in [6, 6.07) is 3.60. The van der Waals surface area contributed by atoms with Gasteiger partial charge in [-0.15, -0.1) is 5.10 Å². The highest BCUT2D eigenvalue weighted by atomic mass is 16.5. The fraction of sp³-hybridized carbons (Fsp3) is 0.273. The first-order valence-corrected chi connectivity index (χ1v) is 5.79. The van der Waals surface area contributed by atoms with Crippen LogP contribution >= 0.6 is 0 Å². The van der Waals surface area contributed by atoms with Gasteiger partial charge in [0.15, 0.2) is 5.65 Å². The van der Waals surface area contributed by atoms with E-state index >= 15 is 0 Å². The number of hydrogen-bond acceptors (Lipinski definition) is 6. The topological polar surface area (TPSA) is 96.7 Å². The van der Waals surface area contributed by atoms with Crippen molar-refractivity contribution >= 4 is 17.1 Å². The molecule has 3 heterocycles. The van der Waals surface area contributed by atoms with Gasteiger partial charge in [-0.25, -0.2) is 4.98 Å². The Labute approximate surface area is 108 Å². The van der Waals surface area contributed by atoms with Gasteiger partial charge >= 0.3 is 0 Å². The minimum Gasteiger partial charge on any atom is -0.481 e. The summed E-state index contributed by atoms with van der Waals surface area (Å²) >= 11 is 0. The van der Waals surface area contributed by atoms with Gasteiger partial charge in [-0.05, 0) is 6.07 Å². The molecule has 0 aliphatic carbocycles. The van der Waals surface area contributed by atoms with E-state index in [2.05, 4.69) is 20.3 Å². The van der Waals surface area contributed by atoms with E-state index < -0.39 is 0 Å². The lowest BCUT2D eigenvalue weighted by Gasteiger charge is -2.06. The number of rotatable bonds is 4. The molecule has 0 spiro atoms. The highest BCUT2D eigenvalue weighted by molar-refractivity contribution is 5.74. The predicted molar refractivity (Wildman–Crippen MR) is 68.5 cm³/mol. The molecule has 0 aliphatic heterocycles. The minimum absolute atomic E-state index is 0.427. The van der Waals surface area contributed by atoms with Crippen LogP contribution in [0.3, 0.4) is 0 Å². The molecular formula is C11H13N7O. The molecule has 0 saturated carbocycles. The van der Waals surface area contributed by atoms with Crippen molar-refractivity contribution in [3.8, 4) is 5.88 Å². The summed E-state index contributed by atoms with van der Waals surface area (Å²) in [5, 5.41) is 7.66. The first-order chi connectivity index (χ1) is 9.28. The summed E-state index contributed by atoms with van der Waals surface area (Å²) in [6.45, 7) is 1.26. The summed E-state index contributed by atoms with van der Waals surface area (Å²) in [5.41, 5.74) is 7.36. The first-order valence-electron chi connectivity index (χ1n) is 5.79. The van der Waals surface area contributed by atoms with Crippen LogP contribution in [-0.2, 0) is 13.1 Å². The van der Waals surface area contributed by atoms with Crippen LogP contribution in [0.25, 0.3) is 11.2 Å². The number of hydrogen-bond donors (Lipinski definition) is 1. The van der Waals surface area contributed by atoms with E-state index in [1.165, 1.54) is 0 Å². The summed E-state index contributed by atoms with van der Waals surface area (Å²) in [5.74, 6) is 0.963. The van der Waals surface area contributed by atoms with Crippen LogP contribution in [-0.4, -0.2) is 36.6 Å². The molecule has 0 bridgehead atoms. The van der Waals surface area contributed by atoms with Crippen LogP contribution in [0.2, 0.25) is 0 Å². The lowest BCUT2D eigenvalue weighted by atomic mass is 10.4. The van der Waals surface area contributed by atoms with E-state index in [4.69, 9.17) is 10.5 Å². The summed E-state index contributed by atoms with van der Waals surface area (Å²) in [6.07, 6.45) is 3.43. The second kappa shape index (κ2) is 4.56. The van der Waals surface area contributed by atoms with E-state index in [1.54, 1.807) is 30.3 Å². The largest absolute Gasteiger partial charge is 0.481 e. The van der Waals surface area contributed by atoms with Crippen molar-refractivity contribution in [3.05, 3.63) is 24.5 Å². The number of fused-ring (bicyclic) bond motifs is 1. The zero-order valence-electron chi connectivity index (χ0n) is 10.4. The number of nitrogens with zero attached hydrogens (tertiary/aromatic N) is 6. The molecule has 0 radical (unpaired) electrons. The molecule has 8 nitrogen and oxygen atoms in total. The molecule has 8 heteroatoms. The summed E-state index contributed by atoms with van der Waals surface area (Å²) in [7, 11) is 1.58. The van der Waals surface area contributed by atoms with E-state index in [-0.39, 0.29) is 0 Å². The maximum Gasteiger partial charge on any atom is 0.215 e. The second-order valence-electron chi connectivity index (χ2n) is 3.98. The molecule has 0 saturated heterocycles. The minimum atomic E-state index is 0.427. The van der Waals surface area contributed by atoms with Crippen molar-refractivity contribution in [1.29, 1.82) is 0 Å². The van der Waals surface area contributed by atoms with Crippen molar-refractivity contribution in [2.24, 2.45) is 0 Å². The molecule has 0 aromatic carbocycles. The van der Waals surface area contributed by atoms with Gasteiger partial charge in [0.05, 0.1) is 19.9 Å². The van der Waals surface area contributed by atoms with Crippen LogP contribution in [0.1, 0.15) is 0 Å². The normalized spacial score (nSPS) is 11.0. The summed E-state index contributed by atoms with van der Waals surface area (Å²) in [4.78, 5) is 8.63. The van der Waals surface area contributed by atoms with Gasteiger partial charge in [0, 0.05) is 18.8 Å². The number of imidazole rings is 1.